The summed E-state index contributed by atoms with van der Waals surface area (Å²) in [6, 6.07) is 3.93. The molecule has 1 aliphatic rings. The Morgan fingerprint density at radius 3 is 3.22 bits per heavy atom. The first-order valence-corrected chi connectivity index (χ1v) is 7.44. The van der Waals surface area contributed by atoms with Crippen molar-refractivity contribution in [1.29, 1.82) is 0 Å². The molecule has 0 amide bonds. The molecule has 1 aromatic rings. The lowest BCUT2D eigenvalue weighted by atomic mass is 10.1. The van der Waals surface area contributed by atoms with Gasteiger partial charge in [0.25, 0.3) is 0 Å². The van der Waals surface area contributed by atoms with Crippen molar-refractivity contribution in [2.24, 2.45) is 0 Å². The number of thioether (sulfide) groups is 1. The number of methoxy groups -OCH3 is 1. The maximum Gasteiger partial charge on any atom is 0.142 e. The van der Waals surface area contributed by atoms with E-state index in [2.05, 4.69) is 17.2 Å². The van der Waals surface area contributed by atoms with Gasteiger partial charge in [0.05, 0.1) is 25.9 Å². The van der Waals surface area contributed by atoms with E-state index in [1.807, 2.05) is 23.9 Å². The zero-order valence-corrected chi connectivity index (χ0v) is 11.7. The number of ether oxygens (including phenoxy) is 2. The van der Waals surface area contributed by atoms with Gasteiger partial charge in [0.1, 0.15) is 11.4 Å². The minimum atomic E-state index is 0.0962. The van der Waals surface area contributed by atoms with Crippen LogP contribution in [0.4, 0.5) is 0 Å². The zero-order chi connectivity index (χ0) is 12.8. The molecule has 0 radical (unpaired) electrons. The Kier molecular flexibility index (Phi) is 5.28. The summed E-state index contributed by atoms with van der Waals surface area (Å²) < 4.78 is 11.3. The third kappa shape index (κ3) is 3.16. The molecule has 5 heteroatoms. The summed E-state index contributed by atoms with van der Waals surface area (Å²) >= 11 is 1.93. The van der Waals surface area contributed by atoms with Crippen LogP contribution >= 0.6 is 11.8 Å². The molecular weight excluding hydrogens is 248 g/mol. The van der Waals surface area contributed by atoms with Gasteiger partial charge >= 0.3 is 0 Å². The fraction of sp³-hybridized carbons (Fsp3) is 0.615. The highest BCUT2D eigenvalue weighted by atomic mass is 32.2. The Morgan fingerprint density at radius 1 is 1.67 bits per heavy atom. The highest BCUT2D eigenvalue weighted by Gasteiger charge is 2.28. The van der Waals surface area contributed by atoms with Crippen molar-refractivity contribution in [2.45, 2.75) is 19.1 Å². The number of nitrogens with one attached hydrogen (secondary N) is 1. The normalized spacial score (nSPS) is 21.6. The number of hydrogen-bond donors (Lipinski definition) is 1. The van der Waals surface area contributed by atoms with Gasteiger partial charge in [-0.05, 0) is 18.7 Å². The molecule has 1 N–H and O–H groups in total. The maximum atomic E-state index is 5.87. The number of aromatic nitrogens is 1. The highest BCUT2D eigenvalue weighted by molar-refractivity contribution is 7.99. The van der Waals surface area contributed by atoms with Crippen LogP contribution in [0.3, 0.4) is 0 Å². The largest absolute Gasteiger partial charge is 0.495 e. The van der Waals surface area contributed by atoms with Gasteiger partial charge in [-0.25, -0.2) is 0 Å². The Hall–Kier alpha value is -0.780. The molecule has 100 valence electrons. The van der Waals surface area contributed by atoms with Gasteiger partial charge in [-0.1, -0.05) is 6.92 Å². The Bertz CT molecular complexity index is 370. The number of rotatable bonds is 5. The molecule has 1 aliphatic heterocycles. The fourth-order valence-electron chi connectivity index (χ4n) is 2.13. The van der Waals surface area contributed by atoms with Crippen LogP contribution in [0.25, 0.3) is 0 Å². The molecule has 0 bridgehead atoms. The van der Waals surface area contributed by atoms with Crippen LogP contribution < -0.4 is 10.1 Å². The standard InChI is InChI=1S/C13H20N2O2S/c1-3-14-13(11-9-18-8-7-17-11)12-10(16-2)5-4-6-15-12/h4-6,11,13-14H,3,7-9H2,1-2H3. The third-order valence-corrected chi connectivity index (χ3v) is 3.97. The second-order valence-corrected chi connectivity index (χ2v) is 5.26. The van der Waals surface area contributed by atoms with Crippen LogP contribution in [0.2, 0.25) is 0 Å². The summed E-state index contributed by atoms with van der Waals surface area (Å²) in [6.45, 7) is 3.79. The molecule has 0 saturated carbocycles. The lowest BCUT2D eigenvalue weighted by molar-refractivity contribution is 0.0454. The topological polar surface area (TPSA) is 43.4 Å². The predicted octanol–water partition coefficient (Wildman–Crippen LogP) is 1.87. The molecule has 0 aliphatic carbocycles. The summed E-state index contributed by atoms with van der Waals surface area (Å²) in [5.74, 6) is 2.90. The van der Waals surface area contributed by atoms with E-state index in [0.29, 0.717) is 0 Å². The van der Waals surface area contributed by atoms with Crippen LogP contribution in [0.1, 0.15) is 18.7 Å². The van der Waals surface area contributed by atoms with Gasteiger partial charge in [0, 0.05) is 17.7 Å². The first-order valence-electron chi connectivity index (χ1n) is 6.28. The second-order valence-electron chi connectivity index (χ2n) is 4.11. The molecule has 4 nitrogen and oxygen atoms in total. The van der Waals surface area contributed by atoms with Crippen molar-refractivity contribution >= 4 is 11.8 Å². The molecule has 2 heterocycles. The molecule has 0 spiro atoms. The van der Waals surface area contributed by atoms with Crippen LogP contribution in [-0.2, 0) is 4.74 Å². The van der Waals surface area contributed by atoms with E-state index in [9.17, 15) is 0 Å². The fourth-order valence-corrected chi connectivity index (χ4v) is 3.03. The lowest BCUT2D eigenvalue weighted by Crippen LogP contribution is -2.38. The highest BCUT2D eigenvalue weighted by Crippen LogP contribution is 2.29. The van der Waals surface area contributed by atoms with E-state index in [-0.39, 0.29) is 12.1 Å². The van der Waals surface area contributed by atoms with Crippen molar-refractivity contribution in [3.8, 4) is 5.75 Å². The van der Waals surface area contributed by atoms with E-state index in [4.69, 9.17) is 9.47 Å². The zero-order valence-electron chi connectivity index (χ0n) is 10.9. The molecule has 1 aromatic heterocycles. The van der Waals surface area contributed by atoms with Gasteiger partial charge < -0.3 is 14.8 Å². The van der Waals surface area contributed by atoms with Crippen molar-refractivity contribution < 1.29 is 9.47 Å². The number of pyridine rings is 1. The predicted molar refractivity (Wildman–Crippen MR) is 74.3 cm³/mol. The van der Waals surface area contributed by atoms with Crippen molar-refractivity contribution in [3.63, 3.8) is 0 Å². The SMILES string of the molecule is CCNC(c1ncccc1OC)C1CSCCO1. The summed E-state index contributed by atoms with van der Waals surface area (Å²) in [6.07, 6.45) is 1.96. The monoisotopic (exact) mass is 268 g/mol. The molecule has 2 rings (SSSR count). The van der Waals surface area contributed by atoms with Crippen molar-refractivity contribution in [2.75, 3.05) is 31.8 Å². The first kappa shape index (κ1) is 13.6. The van der Waals surface area contributed by atoms with Crippen molar-refractivity contribution in [1.82, 2.24) is 10.3 Å². The molecular formula is C13H20N2O2S. The molecule has 1 saturated heterocycles. The van der Waals surface area contributed by atoms with Crippen LogP contribution in [0.5, 0.6) is 5.75 Å². The Balaban J connectivity index is 2.22. The second kappa shape index (κ2) is 6.97. The van der Waals surface area contributed by atoms with Crippen LogP contribution in [0.15, 0.2) is 18.3 Å². The third-order valence-electron chi connectivity index (χ3n) is 2.95. The van der Waals surface area contributed by atoms with Crippen molar-refractivity contribution in [3.05, 3.63) is 24.0 Å². The van der Waals surface area contributed by atoms with Gasteiger partial charge in [-0.15, -0.1) is 0 Å². The minimum absolute atomic E-state index is 0.0962. The van der Waals surface area contributed by atoms with Gasteiger partial charge in [0.15, 0.2) is 0 Å². The average molecular weight is 268 g/mol. The summed E-state index contributed by atoms with van der Waals surface area (Å²) in [4.78, 5) is 4.47. The van der Waals surface area contributed by atoms with E-state index in [1.54, 1.807) is 13.3 Å². The molecule has 0 aromatic carbocycles. The average Bonchev–Trinajstić information content (AvgIpc) is 2.46. The van der Waals surface area contributed by atoms with Crippen LogP contribution in [0, 0.1) is 0 Å². The Labute approximate surface area is 112 Å². The number of nitrogens with zero attached hydrogens (tertiary/aromatic N) is 1. The van der Waals surface area contributed by atoms with Gasteiger partial charge in [-0.2, -0.15) is 11.8 Å². The van der Waals surface area contributed by atoms with E-state index in [0.717, 1.165) is 36.1 Å². The number of likely N-dealkylation sites (N-methyl/N-ethyl adjacent to an activating group) is 1. The summed E-state index contributed by atoms with van der Waals surface area (Å²) in [5, 5.41) is 3.46. The molecule has 2 atom stereocenters. The minimum Gasteiger partial charge on any atom is -0.495 e. The lowest BCUT2D eigenvalue weighted by Gasteiger charge is -2.31. The number of hydrogen-bond acceptors (Lipinski definition) is 5. The smallest absolute Gasteiger partial charge is 0.142 e. The molecule has 2 unspecified atom stereocenters. The van der Waals surface area contributed by atoms with Crippen LogP contribution in [-0.4, -0.2) is 42.9 Å². The Morgan fingerprint density at radius 2 is 2.56 bits per heavy atom. The quantitative estimate of drug-likeness (QED) is 0.883. The van der Waals surface area contributed by atoms with Gasteiger partial charge in [0.2, 0.25) is 0 Å². The van der Waals surface area contributed by atoms with E-state index in [1.165, 1.54) is 0 Å². The summed E-state index contributed by atoms with van der Waals surface area (Å²) in [5.41, 5.74) is 0.939. The van der Waals surface area contributed by atoms with E-state index >= 15 is 0 Å². The first-order chi connectivity index (χ1) is 8.86. The van der Waals surface area contributed by atoms with E-state index < -0.39 is 0 Å². The molecule has 18 heavy (non-hydrogen) atoms. The van der Waals surface area contributed by atoms with Gasteiger partial charge in [-0.3, -0.25) is 4.98 Å². The maximum absolute atomic E-state index is 5.87. The molecule has 1 fully saturated rings. The summed E-state index contributed by atoms with van der Waals surface area (Å²) in [7, 11) is 1.68.